The normalized spacial score (nSPS) is 11.6. The van der Waals surface area contributed by atoms with Crippen LogP contribution in [0.3, 0.4) is 0 Å². The number of benzene rings is 2. The van der Waals surface area contributed by atoms with Crippen molar-refractivity contribution >= 4 is 23.9 Å². The molecule has 1 unspecified atom stereocenters. The number of rotatable bonds is 11. The molecule has 0 saturated heterocycles. The second-order valence-electron chi connectivity index (χ2n) is 8.60. The van der Waals surface area contributed by atoms with Crippen LogP contribution in [0.1, 0.15) is 31.9 Å². The number of carbonyl (C=O) groups excluding carboxylic acids is 3. The number of aliphatic carboxylic acids is 1. The molecule has 0 aromatic heterocycles. The van der Waals surface area contributed by atoms with E-state index < -0.39 is 48.7 Å². The Morgan fingerprint density at radius 3 is 2.20 bits per heavy atom. The quantitative estimate of drug-likeness (QED) is 0.412. The molecule has 0 radical (unpaired) electrons. The van der Waals surface area contributed by atoms with Crippen molar-refractivity contribution in [1.29, 1.82) is 0 Å². The maximum absolute atomic E-state index is 12.7. The Hall–Kier alpha value is -4.08. The fourth-order valence-electron chi connectivity index (χ4n) is 2.84. The first kappa shape index (κ1) is 27.2. The van der Waals surface area contributed by atoms with Gasteiger partial charge in [0.2, 0.25) is 5.91 Å². The number of carboxylic acids is 1. The molecule has 35 heavy (non-hydrogen) atoms. The van der Waals surface area contributed by atoms with E-state index in [1.165, 1.54) is 0 Å². The summed E-state index contributed by atoms with van der Waals surface area (Å²) in [4.78, 5) is 47.6. The predicted octanol–water partition coefficient (Wildman–Crippen LogP) is 2.45. The third kappa shape index (κ3) is 11.1. The summed E-state index contributed by atoms with van der Waals surface area (Å²) in [6.45, 7) is 4.32. The average Bonchev–Trinajstić information content (AvgIpc) is 2.80. The predicted molar refractivity (Wildman–Crippen MR) is 126 cm³/mol. The van der Waals surface area contributed by atoms with Crippen LogP contribution < -0.4 is 15.4 Å². The van der Waals surface area contributed by atoms with Gasteiger partial charge in [0.15, 0.2) is 6.61 Å². The standard InChI is InChI=1S/C25H30N2O8/c1-25(2,3)35-23(31)20(13-17-9-11-19(12-10-17)33-16-22(29)30)27-21(28)14-26-24(32)34-15-18-7-5-4-6-8-18/h4-12,20H,13-16H2,1-3H3,(H,26,32)(H,27,28)(H,29,30). The molecule has 188 valence electrons. The van der Waals surface area contributed by atoms with Crippen molar-refractivity contribution in [3.8, 4) is 5.75 Å². The smallest absolute Gasteiger partial charge is 0.407 e. The fraction of sp³-hybridized carbons (Fsp3) is 0.360. The molecule has 10 heteroatoms. The highest BCUT2D eigenvalue weighted by atomic mass is 16.6. The van der Waals surface area contributed by atoms with Crippen molar-refractivity contribution in [3.63, 3.8) is 0 Å². The summed E-state index contributed by atoms with van der Waals surface area (Å²) in [5, 5.41) is 13.6. The molecule has 0 bridgehead atoms. The first-order valence-electron chi connectivity index (χ1n) is 10.9. The van der Waals surface area contributed by atoms with E-state index in [-0.39, 0.29) is 13.0 Å². The number of alkyl carbamates (subject to hydrolysis) is 1. The second kappa shape index (κ2) is 13.0. The molecule has 2 amide bonds. The van der Waals surface area contributed by atoms with E-state index >= 15 is 0 Å². The van der Waals surface area contributed by atoms with E-state index in [1.54, 1.807) is 57.2 Å². The van der Waals surface area contributed by atoms with Gasteiger partial charge in [-0.2, -0.15) is 0 Å². The van der Waals surface area contributed by atoms with E-state index in [0.717, 1.165) is 5.56 Å². The molecule has 2 aromatic rings. The molecule has 0 aliphatic heterocycles. The van der Waals surface area contributed by atoms with Gasteiger partial charge in [0, 0.05) is 6.42 Å². The molecular formula is C25H30N2O8. The summed E-state index contributed by atoms with van der Waals surface area (Å²) in [7, 11) is 0. The highest BCUT2D eigenvalue weighted by Gasteiger charge is 2.27. The third-order valence-corrected chi connectivity index (χ3v) is 4.36. The maximum atomic E-state index is 12.7. The van der Waals surface area contributed by atoms with Gasteiger partial charge in [0.1, 0.15) is 30.5 Å². The van der Waals surface area contributed by atoms with Crippen LogP contribution in [0.5, 0.6) is 5.75 Å². The lowest BCUT2D eigenvalue weighted by Gasteiger charge is -2.24. The van der Waals surface area contributed by atoms with E-state index in [4.69, 9.17) is 19.3 Å². The summed E-state index contributed by atoms with van der Waals surface area (Å²) >= 11 is 0. The lowest BCUT2D eigenvalue weighted by Crippen LogP contribution is -2.48. The van der Waals surface area contributed by atoms with Crippen LogP contribution in [-0.4, -0.2) is 53.8 Å². The number of ether oxygens (including phenoxy) is 3. The Balaban J connectivity index is 1.93. The summed E-state index contributed by atoms with van der Waals surface area (Å²) in [6.07, 6.45) is -0.659. The zero-order chi connectivity index (χ0) is 25.8. The largest absolute Gasteiger partial charge is 0.482 e. The van der Waals surface area contributed by atoms with Crippen molar-refractivity contribution < 1.29 is 38.5 Å². The van der Waals surface area contributed by atoms with Crippen LogP contribution in [-0.2, 0) is 36.9 Å². The van der Waals surface area contributed by atoms with Crippen molar-refractivity contribution in [2.45, 2.75) is 45.4 Å². The molecule has 0 saturated carbocycles. The number of carboxylic acid groups (broad SMARTS) is 1. The average molecular weight is 487 g/mol. The number of nitrogens with one attached hydrogen (secondary N) is 2. The SMILES string of the molecule is CC(C)(C)OC(=O)C(Cc1ccc(OCC(=O)O)cc1)NC(=O)CNC(=O)OCc1ccccc1. The van der Waals surface area contributed by atoms with Crippen LogP contribution >= 0.6 is 0 Å². The second-order valence-corrected chi connectivity index (χ2v) is 8.60. The minimum Gasteiger partial charge on any atom is -0.482 e. The molecule has 0 aliphatic carbocycles. The molecule has 2 aromatic carbocycles. The van der Waals surface area contributed by atoms with Crippen LogP contribution in [0.2, 0.25) is 0 Å². The van der Waals surface area contributed by atoms with Gasteiger partial charge in [-0.1, -0.05) is 42.5 Å². The van der Waals surface area contributed by atoms with Gasteiger partial charge in [-0.05, 0) is 44.0 Å². The minimum atomic E-state index is -1.10. The van der Waals surface area contributed by atoms with E-state index in [0.29, 0.717) is 11.3 Å². The lowest BCUT2D eigenvalue weighted by atomic mass is 10.1. The van der Waals surface area contributed by atoms with Crippen LogP contribution in [0, 0.1) is 0 Å². The Labute approximate surface area is 203 Å². The van der Waals surface area contributed by atoms with Crippen LogP contribution in [0.25, 0.3) is 0 Å². The van der Waals surface area contributed by atoms with Crippen molar-refractivity contribution in [2.24, 2.45) is 0 Å². The molecule has 0 aliphatic rings. The van der Waals surface area contributed by atoms with Gasteiger partial charge in [-0.3, -0.25) is 4.79 Å². The first-order valence-corrected chi connectivity index (χ1v) is 10.9. The van der Waals surface area contributed by atoms with Gasteiger partial charge in [-0.15, -0.1) is 0 Å². The Kier molecular flexibility index (Phi) is 10.1. The fourth-order valence-corrected chi connectivity index (χ4v) is 2.84. The zero-order valence-electron chi connectivity index (χ0n) is 19.9. The number of carbonyl (C=O) groups is 4. The summed E-state index contributed by atoms with van der Waals surface area (Å²) in [6, 6.07) is 14.5. The molecule has 0 spiro atoms. The maximum Gasteiger partial charge on any atom is 0.407 e. The van der Waals surface area contributed by atoms with Crippen molar-refractivity contribution in [3.05, 3.63) is 65.7 Å². The molecule has 1 atom stereocenters. The highest BCUT2D eigenvalue weighted by molar-refractivity contribution is 5.87. The molecule has 2 rings (SSSR count). The number of esters is 1. The van der Waals surface area contributed by atoms with Gasteiger partial charge in [-0.25, -0.2) is 14.4 Å². The summed E-state index contributed by atoms with van der Waals surface area (Å²) in [5.74, 6) is -1.98. The Bertz CT molecular complexity index is 1000. The van der Waals surface area contributed by atoms with Crippen LogP contribution in [0.15, 0.2) is 54.6 Å². The number of amides is 2. The lowest BCUT2D eigenvalue weighted by molar-refractivity contribution is -0.158. The topological polar surface area (TPSA) is 140 Å². The molecule has 10 nitrogen and oxygen atoms in total. The summed E-state index contributed by atoms with van der Waals surface area (Å²) < 4.78 is 15.6. The van der Waals surface area contributed by atoms with E-state index in [9.17, 15) is 19.2 Å². The van der Waals surface area contributed by atoms with Crippen molar-refractivity contribution in [2.75, 3.05) is 13.2 Å². The molecule has 0 heterocycles. The van der Waals surface area contributed by atoms with Gasteiger partial charge in [0.05, 0.1) is 0 Å². The highest BCUT2D eigenvalue weighted by Crippen LogP contribution is 2.15. The number of hydrogen-bond donors (Lipinski definition) is 3. The van der Waals surface area contributed by atoms with Gasteiger partial charge < -0.3 is 30.0 Å². The first-order chi connectivity index (χ1) is 16.5. The molecule has 3 N–H and O–H groups in total. The molecular weight excluding hydrogens is 456 g/mol. The van der Waals surface area contributed by atoms with Gasteiger partial charge >= 0.3 is 18.0 Å². The Morgan fingerprint density at radius 1 is 0.943 bits per heavy atom. The minimum absolute atomic E-state index is 0.0565. The van der Waals surface area contributed by atoms with E-state index in [1.807, 2.05) is 18.2 Å². The molecule has 0 fully saturated rings. The number of hydrogen-bond acceptors (Lipinski definition) is 7. The zero-order valence-corrected chi connectivity index (χ0v) is 19.9. The van der Waals surface area contributed by atoms with Crippen molar-refractivity contribution in [1.82, 2.24) is 10.6 Å². The Morgan fingerprint density at radius 2 is 1.60 bits per heavy atom. The van der Waals surface area contributed by atoms with Gasteiger partial charge in [0.25, 0.3) is 0 Å². The third-order valence-electron chi connectivity index (χ3n) is 4.36. The summed E-state index contributed by atoms with van der Waals surface area (Å²) in [5.41, 5.74) is 0.712. The van der Waals surface area contributed by atoms with E-state index in [2.05, 4.69) is 10.6 Å². The van der Waals surface area contributed by atoms with Crippen LogP contribution in [0.4, 0.5) is 4.79 Å². The monoisotopic (exact) mass is 486 g/mol.